The summed E-state index contributed by atoms with van der Waals surface area (Å²) in [7, 11) is 3.16. The maximum atomic E-state index is 12.5. The smallest absolute Gasteiger partial charge is 0.453 e. The summed E-state index contributed by atoms with van der Waals surface area (Å²) >= 11 is 0. The Morgan fingerprint density at radius 3 is 2.00 bits per heavy atom. The molecular weight excluding hydrogens is 261 g/mol. The fraction of sp³-hybridized carbons (Fsp3) is 0.900. The van der Waals surface area contributed by atoms with Crippen molar-refractivity contribution in [2.24, 2.45) is 0 Å². The zero-order chi connectivity index (χ0) is 14.6. The lowest BCUT2D eigenvalue weighted by molar-refractivity contribution is -0.883. The van der Waals surface area contributed by atoms with E-state index in [9.17, 15) is 26.7 Å². The third-order valence-electron chi connectivity index (χ3n) is 2.48. The molecule has 3 nitrogen and oxygen atoms in total. The van der Waals surface area contributed by atoms with Gasteiger partial charge in [-0.15, -0.1) is 0 Å². The minimum Gasteiger partial charge on any atom is -0.477 e. The SMILES string of the molecule is C[N+](C)(CCCCC(F)(F)C(F)(F)F)CC(=O)O. The fourth-order valence-corrected chi connectivity index (χ4v) is 1.47. The number of aliphatic carboxylic acids is 1. The molecular formula is C10H17F5NO2+. The van der Waals surface area contributed by atoms with Crippen LogP contribution in [0.5, 0.6) is 0 Å². The van der Waals surface area contributed by atoms with Crippen LogP contribution in [0, 0.1) is 0 Å². The van der Waals surface area contributed by atoms with E-state index in [-0.39, 0.29) is 30.4 Å². The largest absolute Gasteiger partial charge is 0.477 e. The number of carboxylic acids is 1. The standard InChI is InChI=1S/C10H16F5NO2/c1-16(2,7-8(17)18)6-4-3-5-9(11,12)10(13,14)15/h3-7H2,1-2H3/p+1. The molecule has 0 aliphatic carbocycles. The predicted octanol–water partition coefficient (Wildman–Crippen LogP) is 2.52. The second kappa shape index (κ2) is 5.81. The highest BCUT2D eigenvalue weighted by molar-refractivity contribution is 5.67. The molecule has 0 amide bonds. The van der Waals surface area contributed by atoms with Crippen LogP contribution in [0.15, 0.2) is 0 Å². The van der Waals surface area contributed by atoms with Gasteiger partial charge in [-0.2, -0.15) is 22.0 Å². The highest BCUT2D eigenvalue weighted by Gasteiger charge is 2.56. The first-order chi connectivity index (χ1) is 7.87. The van der Waals surface area contributed by atoms with E-state index in [0.717, 1.165) is 0 Å². The predicted molar refractivity (Wildman–Crippen MR) is 54.3 cm³/mol. The van der Waals surface area contributed by atoms with Crippen LogP contribution in [0.1, 0.15) is 19.3 Å². The van der Waals surface area contributed by atoms with Gasteiger partial charge in [0, 0.05) is 6.42 Å². The van der Waals surface area contributed by atoms with Crippen LogP contribution in [0.3, 0.4) is 0 Å². The van der Waals surface area contributed by atoms with Gasteiger partial charge in [-0.25, -0.2) is 4.79 Å². The summed E-state index contributed by atoms with van der Waals surface area (Å²) in [5.41, 5.74) is 0. The van der Waals surface area contributed by atoms with Crippen molar-refractivity contribution in [3.63, 3.8) is 0 Å². The number of carbonyl (C=O) groups is 1. The number of hydrogen-bond acceptors (Lipinski definition) is 1. The summed E-state index contributed by atoms with van der Waals surface area (Å²) in [6, 6.07) is 0. The molecule has 0 rings (SSSR count). The maximum Gasteiger partial charge on any atom is 0.453 e. The van der Waals surface area contributed by atoms with Crippen LogP contribution in [0.4, 0.5) is 22.0 Å². The summed E-state index contributed by atoms with van der Waals surface area (Å²) in [4.78, 5) is 10.5. The Morgan fingerprint density at radius 2 is 1.61 bits per heavy atom. The molecule has 0 aromatic carbocycles. The average Bonchev–Trinajstić information content (AvgIpc) is 2.08. The highest BCUT2D eigenvalue weighted by Crippen LogP contribution is 2.39. The average molecular weight is 278 g/mol. The molecule has 0 saturated heterocycles. The van der Waals surface area contributed by atoms with E-state index in [1.54, 1.807) is 14.1 Å². The molecule has 0 atom stereocenters. The molecule has 0 bridgehead atoms. The maximum absolute atomic E-state index is 12.5. The molecule has 0 heterocycles. The molecule has 18 heavy (non-hydrogen) atoms. The van der Waals surface area contributed by atoms with E-state index in [1.165, 1.54) is 0 Å². The van der Waals surface area contributed by atoms with Gasteiger partial charge in [-0.3, -0.25) is 0 Å². The zero-order valence-corrected chi connectivity index (χ0v) is 10.2. The number of carboxylic acid groups (broad SMARTS) is 1. The summed E-state index contributed by atoms with van der Waals surface area (Å²) < 4.78 is 60.6. The lowest BCUT2D eigenvalue weighted by Gasteiger charge is -2.28. The number of nitrogens with zero attached hydrogens (tertiary/aromatic N) is 1. The fourth-order valence-electron chi connectivity index (χ4n) is 1.47. The molecule has 0 unspecified atom stereocenters. The first-order valence-corrected chi connectivity index (χ1v) is 5.36. The van der Waals surface area contributed by atoms with E-state index >= 15 is 0 Å². The van der Waals surface area contributed by atoms with Crippen LogP contribution in [-0.4, -0.2) is 54.8 Å². The van der Waals surface area contributed by atoms with Gasteiger partial charge in [0.05, 0.1) is 20.6 Å². The van der Waals surface area contributed by atoms with Gasteiger partial charge in [0.1, 0.15) is 0 Å². The van der Waals surface area contributed by atoms with E-state index in [4.69, 9.17) is 5.11 Å². The minimum absolute atomic E-state index is 0.0485. The number of unbranched alkanes of at least 4 members (excludes halogenated alkanes) is 1. The first kappa shape index (κ1) is 17.1. The number of likely N-dealkylation sites (N-methyl/N-ethyl adjacent to an activating group) is 1. The van der Waals surface area contributed by atoms with Gasteiger partial charge in [-0.05, 0) is 12.8 Å². The summed E-state index contributed by atoms with van der Waals surface area (Å²) in [6.07, 6.45) is -6.96. The number of alkyl halides is 5. The minimum atomic E-state index is -5.52. The van der Waals surface area contributed by atoms with Crippen molar-refractivity contribution >= 4 is 5.97 Å². The van der Waals surface area contributed by atoms with E-state index in [0.29, 0.717) is 0 Å². The zero-order valence-electron chi connectivity index (χ0n) is 10.2. The Balaban J connectivity index is 4.04. The highest BCUT2D eigenvalue weighted by atomic mass is 19.4. The monoisotopic (exact) mass is 278 g/mol. The van der Waals surface area contributed by atoms with Crippen LogP contribution in [0.2, 0.25) is 0 Å². The molecule has 0 radical (unpaired) electrons. The Labute approximate surface area is 102 Å². The normalized spacial score (nSPS) is 13.7. The molecule has 0 aromatic rings. The molecule has 0 aliphatic heterocycles. The first-order valence-electron chi connectivity index (χ1n) is 5.36. The Hall–Kier alpha value is -0.920. The quantitative estimate of drug-likeness (QED) is 0.441. The van der Waals surface area contributed by atoms with E-state index in [1.807, 2.05) is 0 Å². The Bertz CT molecular complexity index is 288. The molecule has 0 saturated carbocycles. The number of rotatable bonds is 7. The molecule has 108 valence electrons. The van der Waals surface area contributed by atoms with Gasteiger partial charge in [-0.1, -0.05) is 0 Å². The molecule has 0 aromatic heterocycles. The van der Waals surface area contributed by atoms with Crippen LogP contribution in [-0.2, 0) is 4.79 Å². The number of halogens is 5. The van der Waals surface area contributed by atoms with Gasteiger partial charge < -0.3 is 9.59 Å². The Kier molecular flexibility index (Phi) is 5.52. The van der Waals surface area contributed by atoms with Crippen LogP contribution < -0.4 is 0 Å². The van der Waals surface area contributed by atoms with Gasteiger partial charge >= 0.3 is 18.1 Å². The second-order valence-electron chi connectivity index (χ2n) is 4.87. The third-order valence-corrected chi connectivity index (χ3v) is 2.48. The van der Waals surface area contributed by atoms with Crippen molar-refractivity contribution < 1.29 is 36.3 Å². The van der Waals surface area contributed by atoms with Gasteiger partial charge in [0.15, 0.2) is 6.54 Å². The lowest BCUT2D eigenvalue weighted by atomic mass is 10.1. The van der Waals surface area contributed by atoms with Crippen molar-refractivity contribution in [3.8, 4) is 0 Å². The Morgan fingerprint density at radius 1 is 1.11 bits per heavy atom. The van der Waals surface area contributed by atoms with Crippen LogP contribution in [0.25, 0.3) is 0 Å². The number of quaternary nitrogens is 1. The molecule has 8 heteroatoms. The molecule has 0 fully saturated rings. The van der Waals surface area contributed by atoms with Gasteiger partial charge in [0.25, 0.3) is 0 Å². The molecule has 0 aliphatic rings. The van der Waals surface area contributed by atoms with Crippen molar-refractivity contribution in [2.45, 2.75) is 31.4 Å². The van der Waals surface area contributed by atoms with Crippen molar-refractivity contribution in [1.82, 2.24) is 0 Å². The van der Waals surface area contributed by atoms with Gasteiger partial charge in [0.2, 0.25) is 0 Å². The lowest BCUT2D eigenvalue weighted by Crippen LogP contribution is -2.44. The van der Waals surface area contributed by atoms with Crippen molar-refractivity contribution in [1.29, 1.82) is 0 Å². The third kappa shape index (κ3) is 6.13. The van der Waals surface area contributed by atoms with Crippen molar-refractivity contribution in [2.75, 3.05) is 27.2 Å². The summed E-state index contributed by atoms with van der Waals surface area (Å²) in [6.45, 7) is 0.0376. The molecule has 0 spiro atoms. The van der Waals surface area contributed by atoms with Crippen molar-refractivity contribution in [3.05, 3.63) is 0 Å². The number of hydrogen-bond donors (Lipinski definition) is 1. The summed E-state index contributed by atoms with van der Waals surface area (Å²) in [5.74, 6) is -5.71. The van der Waals surface area contributed by atoms with E-state index in [2.05, 4.69) is 0 Å². The van der Waals surface area contributed by atoms with E-state index < -0.39 is 24.5 Å². The summed E-state index contributed by atoms with van der Waals surface area (Å²) in [5, 5.41) is 8.56. The topological polar surface area (TPSA) is 37.3 Å². The second-order valence-corrected chi connectivity index (χ2v) is 4.87. The van der Waals surface area contributed by atoms with Crippen LogP contribution >= 0.6 is 0 Å². The molecule has 1 N–H and O–H groups in total.